The third-order valence-electron chi connectivity index (χ3n) is 3.34. The Morgan fingerprint density at radius 1 is 1.36 bits per heavy atom. The molecule has 3 rings (SSSR count). The summed E-state index contributed by atoms with van der Waals surface area (Å²) in [4.78, 5) is 20.5. The van der Waals surface area contributed by atoms with Crippen LogP contribution in [-0.2, 0) is 10.5 Å². The van der Waals surface area contributed by atoms with Gasteiger partial charge in [0, 0.05) is 12.0 Å². The molecular formula is C15H16N4O2S. The molecule has 22 heavy (non-hydrogen) atoms. The Bertz CT molecular complexity index is 684. The van der Waals surface area contributed by atoms with Crippen molar-refractivity contribution >= 4 is 34.9 Å². The highest BCUT2D eigenvalue weighted by Gasteiger charge is 2.35. The van der Waals surface area contributed by atoms with Crippen molar-refractivity contribution in [3.63, 3.8) is 0 Å². The van der Waals surface area contributed by atoms with Gasteiger partial charge in [-0.25, -0.2) is 10.0 Å². The van der Waals surface area contributed by atoms with Gasteiger partial charge in [-0.3, -0.25) is 4.79 Å². The van der Waals surface area contributed by atoms with Gasteiger partial charge in [0.1, 0.15) is 11.8 Å². The summed E-state index contributed by atoms with van der Waals surface area (Å²) in [7, 11) is 0. The van der Waals surface area contributed by atoms with Crippen molar-refractivity contribution in [1.82, 2.24) is 5.01 Å². The molecule has 2 aliphatic rings. The van der Waals surface area contributed by atoms with Crippen molar-refractivity contribution in [2.24, 2.45) is 21.0 Å². The van der Waals surface area contributed by atoms with E-state index in [1.807, 2.05) is 25.1 Å². The van der Waals surface area contributed by atoms with E-state index in [1.54, 1.807) is 5.01 Å². The molecule has 6 nitrogen and oxygen atoms in total. The second-order valence-corrected chi connectivity index (χ2v) is 6.01. The lowest BCUT2D eigenvalue weighted by Gasteiger charge is -2.19. The third kappa shape index (κ3) is 3.10. The first-order chi connectivity index (χ1) is 10.7. The van der Waals surface area contributed by atoms with Crippen LogP contribution in [0.25, 0.3) is 0 Å². The topological polar surface area (TPSA) is 77.6 Å². The fraction of sp³-hybridized carbons (Fsp3) is 0.333. The first-order valence-corrected chi connectivity index (χ1v) is 7.98. The summed E-state index contributed by atoms with van der Waals surface area (Å²) < 4.78 is 0. The predicted octanol–water partition coefficient (Wildman–Crippen LogP) is 1.43. The molecule has 0 radical (unpaired) electrons. The second kappa shape index (κ2) is 6.41. The van der Waals surface area contributed by atoms with E-state index in [9.17, 15) is 4.79 Å². The van der Waals surface area contributed by atoms with Gasteiger partial charge < -0.3 is 5.11 Å². The van der Waals surface area contributed by atoms with Crippen LogP contribution in [0.15, 0.2) is 39.4 Å². The molecule has 0 bridgehead atoms. The van der Waals surface area contributed by atoms with Gasteiger partial charge in [0.2, 0.25) is 0 Å². The maximum Gasteiger partial charge on any atom is 0.264 e. The molecule has 7 heteroatoms. The van der Waals surface area contributed by atoms with Crippen LogP contribution in [0.4, 0.5) is 0 Å². The number of amides is 1. The molecule has 0 aromatic heterocycles. The highest BCUT2D eigenvalue weighted by Crippen LogP contribution is 2.23. The molecule has 1 amide bonds. The number of hydrazone groups is 1. The number of amidine groups is 2. The minimum Gasteiger partial charge on any atom is -0.394 e. The highest BCUT2D eigenvalue weighted by molar-refractivity contribution is 8.13. The molecule has 1 unspecified atom stereocenters. The average molecular weight is 316 g/mol. The summed E-state index contributed by atoms with van der Waals surface area (Å²) in [6.07, 6.45) is 1.53. The van der Waals surface area contributed by atoms with Crippen LogP contribution in [0.3, 0.4) is 0 Å². The highest BCUT2D eigenvalue weighted by atomic mass is 32.2. The maximum absolute atomic E-state index is 12.0. The number of hydrogen-bond donors (Lipinski definition) is 1. The van der Waals surface area contributed by atoms with Crippen molar-refractivity contribution < 1.29 is 9.90 Å². The number of aliphatic hydroxyl groups is 1. The number of aliphatic hydroxyl groups excluding tert-OH is 1. The van der Waals surface area contributed by atoms with E-state index < -0.39 is 5.92 Å². The molecule has 0 spiro atoms. The number of carbonyl (C=O) groups excluding carboxylic acids is 1. The van der Waals surface area contributed by atoms with Crippen LogP contribution in [-0.4, -0.2) is 46.4 Å². The van der Waals surface area contributed by atoms with Gasteiger partial charge in [-0.1, -0.05) is 41.6 Å². The van der Waals surface area contributed by atoms with Gasteiger partial charge in [-0.05, 0) is 12.5 Å². The minimum absolute atomic E-state index is 0.0415. The van der Waals surface area contributed by atoms with E-state index in [-0.39, 0.29) is 12.5 Å². The summed E-state index contributed by atoms with van der Waals surface area (Å²) >= 11 is 1.43. The van der Waals surface area contributed by atoms with Gasteiger partial charge in [-0.2, -0.15) is 10.1 Å². The summed E-state index contributed by atoms with van der Waals surface area (Å²) in [5, 5.41) is 15.1. The van der Waals surface area contributed by atoms with E-state index in [0.29, 0.717) is 23.3 Å². The van der Waals surface area contributed by atoms with Crippen molar-refractivity contribution in [3.8, 4) is 0 Å². The quantitative estimate of drug-likeness (QED) is 0.911. The van der Waals surface area contributed by atoms with Crippen LogP contribution in [0.2, 0.25) is 0 Å². The standard InChI is InChI=1S/C15H16N4O2S/c1-10-3-2-4-11(7-10)9-22-15-17-13-12(14(21)18-15)8-16-19(13)5-6-20/h2-4,7-8,12,20H,5-6,9H2,1H3. The van der Waals surface area contributed by atoms with E-state index in [0.717, 1.165) is 5.56 Å². The van der Waals surface area contributed by atoms with E-state index >= 15 is 0 Å². The van der Waals surface area contributed by atoms with Gasteiger partial charge in [-0.15, -0.1) is 0 Å². The zero-order valence-electron chi connectivity index (χ0n) is 12.1. The first kappa shape index (κ1) is 14.9. The lowest BCUT2D eigenvalue weighted by molar-refractivity contribution is -0.118. The number of β-amino-alcohol motifs (C(OH)–C–C–N with tert-alkyl or cyclic N) is 1. The molecule has 2 heterocycles. The van der Waals surface area contributed by atoms with Gasteiger partial charge in [0.25, 0.3) is 5.91 Å². The van der Waals surface area contributed by atoms with Gasteiger partial charge >= 0.3 is 0 Å². The molecule has 1 N–H and O–H groups in total. The fourth-order valence-electron chi connectivity index (χ4n) is 2.30. The number of carbonyl (C=O) groups is 1. The van der Waals surface area contributed by atoms with Crippen LogP contribution in [0, 0.1) is 12.8 Å². The van der Waals surface area contributed by atoms with Gasteiger partial charge in [0.15, 0.2) is 5.17 Å². The number of thioether (sulfide) groups is 1. The van der Waals surface area contributed by atoms with Crippen molar-refractivity contribution in [3.05, 3.63) is 35.4 Å². The maximum atomic E-state index is 12.0. The van der Waals surface area contributed by atoms with Crippen LogP contribution >= 0.6 is 11.8 Å². The Balaban J connectivity index is 1.72. The zero-order valence-corrected chi connectivity index (χ0v) is 13.0. The van der Waals surface area contributed by atoms with Crippen molar-refractivity contribution in [1.29, 1.82) is 0 Å². The van der Waals surface area contributed by atoms with Crippen LogP contribution in [0.5, 0.6) is 0 Å². The number of hydrogen-bond acceptors (Lipinski definition) is 6. The zero-order chi connectivity index (χ0) is 15.5. The lowest BCUT2D eigenvalue weighted by Crippen LogP contribution is -2.35. The number of rotatable bonds is 4. The van der Waals surface area contributed by atoms with Crippen LogP contribution < -0.4 is 0 Å². The molecule has 1 aromatic carbocycles. The molecule has 1 atom stereocenters. The average Bonchev–Trinajstić information content (AvgIpc) is 2.90. The largest absolute Gasteiger partial charge is 0.394 e. The SMILES string of the molecule is Cc1cccc(CSC2=NC(=O)C3C=NN(CCO)C3=N2)c1. The molecule has 0 fully saturated rings. The monoisotopic (exact) mass is 316 g/mol. The normalized spacial score (nSPS) is 20.0. The summed E-state index contributed by atoms with van der Waals surface area (Å²) in [5.41, 5.74) is 2.36. The van der Waals surface area contributed by atoms with Crippen molar-refractivity contribution in [2.45, 2.75) is 12.7 Å². The summed E-state index contributed by atoms with van der Waals surface area (Å²) in [6, 6.07) is 8.20. The lowest BCUT2D eigenvalue weighted by atomic mass is 10.1. The molecule has 114 valence electrons. The summed E-state index contributed by atoms with van der Waals surface area (Å²) in [6.45, 7) is 2.33. The fourth-order valence-corrected chi connectivity index (χ4v) is 3.09. The van der Waals surface area contributed by atoms with E-state index in [1.165, 1.54) is 23.5 Å². The molecule has 2 aliphatic heterocycles. The Labute approximate surface area is 132 Å². The number of aliphatic imine (C=N–C) groups is 2. The second-order valence-electron chi connectivity index (χ2n) is 5.07. The molecular weight excluding hydrogens is 300 g/mol. The van der Waals surface area contributed by atoms with E-state index in [4.69, 9.17) is 5.11 Å². The smallest absolute Gasteiger partial charge is 0.264 e. The Hall–Kier alpha value is -1.99. The Morgan fingerprint density at radius 3 is 3.00 bits per heavy atom. The number of benzene rings is 1. The number of fused-ring (bicyclic) bond motifs is 1. The number of aryl methyl sites for hydroxylation is 1. The van der Waals surface area contributed by atoms with Crippen molar-refractivity contribution in [2.75, 3.05) is 13.2 Å². The third-order valence-corrected chi connectivity index (χ3v) is 4.26. The Morgan fingerprint density at radius 2 is 2.23 bits per heavy atom. The molecule has 0 aliphatic carbocycles. The minimum atomic E-state index is -0.505. The van der Waals surface area contributed by atoms with E-state index in [2.05, 4.69) is 21.2 Å². The predicted molar refractivity (Wildman–Crippen MR) is 88.1 cm³/mol. The first-order valence-electron chi connectivity index (χ1n) is 6.99. The molecule has 0 saturated carbocycles. The van der Waals surface area contributed by atoms with Crippen LogP contribution in [0.1, 0.15) is 11.1 Å². The van der Waals surface area contributed by atoms with Gasteiger partial charge in [0.05, 0.1) is 13.2 Å². The number of nitrogens with zero attached hydrogens (tertiary/aromatic N) is 4. The Kier molecular flexibility index (Phi) is 4.35. The summed E-state index contributed by atoms with van der Waals surface area (Å²) in [5.74, 6) is 0.507. The molecule has 0 saturated heterocycles. The molecule has 1 aromatic rings.